The minimum atomic E-state index is -1.12. The van der Waals surface area contributed by atoms with Crippen LogP contribution in [-0.4, -0.2) is 53.5 Å². The lowest BCUT2D eigenvalue weighted by molar-refractivity contribution is -0.142. The summed E-state index contributed by atoms with van der Waals surface area (Å²) in [6.07, 6.45) is 0.129. The summed E-state index contributed by atoms with van der Waals surface area (Å²) in [5.41, 5.74) is -0.331. The van der Waals surface area contributed by atoms with Crippen molar-refractivity contribution in [1.29, 1.82) is 0 Å². The summed E-state index contributed by atoms with van der Waals surface area (Å²) in [6.45, 7) is 8.56. The molecule has 1 amide bonds. The van der Waals surface area contributed by atoms with Crippen LogP contribution < -0.4 is 0 Å². The van der Waals surface area contributed by atoms with Crippen LogP contribution in [0, 0.1) is 5.92 Å². The fraction of sp³-hybridized carbons (Fsp3) is 0.611. The molecule has 122 valence electrons. The molecule has 1 N–H and O–H groups in total. The molecule has 4 nitrogen and oxygen atoms in total. The van der Waals surface area contributed by atoms with E-state index < -0.39 is 5.60 Å². The fourth-order valence-electron chi connectivity index (χ4n) is 3.13. The predicted octanol–water partition coefficient (Wildman–Crippen LogP) is 2.08. The van der Waals surface area contributed by atoms with Crippen LogP contribution in [0.1, 0.15) is 32.8 Å². The maximum Gasteiger partial charge on any atom is 0.226 e. The van der Waals surface area contributed by atoms with Gasteiger partial charge in [0.15, 0.2) is 0 Å². The second kappa shape index (κ2) is 6.80. The van der Waals surface area contributed by atoms with Crippen molar-refractivity contribution in [2.75, 3.05) is 26.7 Å². The topological polar surface area (TPSA) is 43.8 Å². The summed E-state index contributed by atoms with van der Waals surface area (Å²) < 4.78 is 0. The van der Waals surface area contributed by atoms with Gasteiger partial charge in [0.25, 0.3) is 0 Å². The number of rotatable bonds is 4. The standard InChI is InChI=1S/C18H28N2O2/c1-14(2)16-13-19(4)10-11-20(16)17(21)12-18(3,22)15-8-6-5-7-9-15/h5-9,14,16,22H,10-13H2,1-4H3. The van der Waals surface area contributed by atoms with Gasteiger partial charge in [-0.15, -0.1) is 0 Å². The third-order valence-corrected chi connectivity index (χ3v) is 4.60. The highest BCUT2D eigenvalue weighted by Gasteiger charge is 2.35. The van der Waals surface area contributed by atoms with Gasteiger partial charge in [0, 0.05) is 25.7 Å². The summed E-state index contributed by atoms with van der Waals surface area (Å²) in [6, 6.07) is 9.66. The van der Waals surface area contributed by atoms with Crippen LogP contribution in [0.15, 0.2) is 30.3 Å². The summed E-state index contributed by atoms with van der Waals surface area (Å²) in [7, 11) is 2.09. The molecule has 0 bridgehead atoms. The Morgan fingerprint density at radius 3 is 2.55 bits per heavy atom. The first-order valence-corrected chi connectivity index (χ1v) is 8.07. The number of hydrogen-bond acceptors (Lipinski definition) is 3. The molecule has 0 spiro atoms. The van der Waals surface area contributed by atoms with Crippen molar-refractivity contribution in [3.8, 4) is 0 Å². The first-order chi connectivity index (χ1) is 10.3. The van der Waals surface area contributed by atoms with Crippen LogP contribution in [0.25, 0.3) is 0 Å². The minimum absolute atomic E-state index is 0.0423. The van der Waals surface area contributed by atoms with E-state index in [0.717, 1.165) is 25.2 Å². The molecule has 1 fully saturated rings. The Labute approximate surface area is 133 Å². The Kier molecular flexibility index (Phi) is 5.24. The number of hydrogen-bond donors (Lipinski definition) is 1. The smallest absolute Gasteiger partial charge is 0.226 e. The van der Waals surface area contributed by atoms with E-state index in [2.05, 4.69) is 25.8 Å². The van der Waals surface area contributed by atoms with E-state index in [1.165, 1.54) is 0 Å². The van der Waals surface area contributed by atoms with Crippen molar-refractivity contribution in [2.24, 2.45) is 5.92 Å². The van der Waals surface area contributed by atoms with Gasteiger partial charge in [-0.2, -0.15) is 0 Å². The molecule has 4 heteroatoms. The summed E-state index contributed by atoms with van der Waals surface area (Å²) >= 11 is 0. The number of likely N-dealkylation sites (N-methyl/N-ethyl adjacent to an activating group) is 1. The molecular formula is C18H28N2O2. The van der Waals surface area contributed by atoms with Crippen LogP contribution in [0.5, 0.6) is 0 Å². The van der Waals surface area contributed by atoms with Crippen molar-refractivity contribution in [1.82, 2.24) is 9.80 Å². The van der Waals surface area contributed by atoms with E-state index in [0.29, 0.717) is 5.92 Å². The molecule has 1 saturated heterocycles. The first kappa shape index (κ1) is 17.0. The molecule has 0 aromatic heterocycles. The second-order valence-electron chi connectivity index (χ2n) is 6.98. The van der Waals surface area contributed by atoms with Crippen molar-refractivity contribution in [3.05, 3.63) is 35.9 Å². The third-order valence-electron chi connectivity index (χ3n) is 4.60. The third kappa shape index (κ3) is 3.87. The van der Waals surface area contributed by atoms with E-state index in [1.54, 1.807) is 6.92 Å². The van der Waals surface area contributed by atoms with Crippen LogP contribution in [-0.2, 0) is 10.4 Å². The van der Waals surface area contributed by atoms with E-state index in [1.807, 2.05) is 35.2 Å². The van der Waals surface area contributed by atoms with Crippen LogP contribution in [0.3, 0.4) is 0 Å². The van der Waals surface area contributed by atoms with Gasteiger partial charge in [-0.1, -0.05) is 44.2 Å². The van der Waals surface area contributed by atoms with E-state index >= 15 is 0 Å². The van der Waals surface area contributed by atoms with Crippen molar-refractivity contribution >= 4 is 5.91 Å². The summed E-state index contributed by atoms with van der Waals surface area (Å²) in [5.74, 6) is 0.453. The second-order valence-corrected chi connectivity index (χ2v) is 6.98. The van der Waals surface area contributed by atoms with Crippen LogP contribution >= 0.6 is 0 Å². The lowest BCUT2D eigenvalue weighted by Gasteiger charge is -2.43. The Hall–Kier alpha value is -1.39. The Balaban J connectivity index is 2.10. The highest BCUT2D eigenvalue weighted by atomic mass is 16.3. The van der Waals surface area contributed by atoms with Gasteiger partial charge < -0.3 is 14.9 Å². The Bertz CT molecular complexity index is 499. The van der Waals surface area contributed by atoms with Gasteiger partial charge in [0.2, 0.25) is 5.91 Å². The van der Waals surface area contributed by atoms with Crippen LogP contribution in [0.2, 0.25) is 0 Å². The molecular weight excluding hydrogens is 276 g/mol. The zero-order valence-electron chi connectivity index (χ0n) is 14.1. The molecule has 0 radical (unpaired) electrons. The van der Waals surface area contributed by atoms with Crippen molar-refractivity contribution < 1.29 is 9.90 Å². The number of benzene rings is 1. The average molecular weight is 304 g/mol. The maximum atomic E-state index is 12.8. The van der Waals surface area contributed by atoms with Crippen molar-refractivity contribution in [2.45, 2.75) is 38.8 Å². The number of carbonyl (C=O) groups is 1. The molecule has 2 unspecified atom stereocenters. The number of aliphatic hydroxyl groups is 1. The van der Waals surface area contributed by atoms with Gasteiger partial charge in [-0.25, -0.2) is 0 Å². The van der Waals surface area contributed by atoms with Gasteiger partial charge >= 0.3 is 0 Å². The largest absolute Gasteiger partial charge is 0.385 e. The van der Waals surface area contributed by atoms with E-state index in [9.17, 15) is 9.90 Å². The normalized spacial score (nSPS) is 22.6. The van der Waals surface area contributed by atoms with E-state index in [-0.39, 0.29) is 18.4 Å². The molecule has 2 atom stereocenters. The zero-order chi connectivity index (χ0) is 16.3. The van der Waals surface area contributed by atoms with E-state index in [4.69, 9.17) is 0 Å². The SMILES string of the molecule is CC(C)C1CN(C)CCN1C(=O)CC(C)(O)c1ccccc1. The molecule has 1 aromatic rings. The lowest BCUT2D eigenvalue weighted by Crippen LogP contribution is -2.56. The van der Waals surface area contributed by atoms with Gasteiger partial charge in [0.05, 0.1) is 12.0 Å². The fourth-order valence-corrected chi connectivity index (χ4v) is 3.13. The summed E-state index contributed by atoms with van der Waals surface area (Å²) in [5, 5.41) is 10.7. The molecule has 2 rings (SSSR count). The quantitative estimate of drug-likeness (QED) is 0.926. The highest BCUT2D eigenvalue weighted by molar-refractivity contribution is 5.78. The van der Waals surface area contributed by atoms with Gasteiger partial charge in [-0.3, -0.25) is 4.79 Å². The maximum absolute atomic E-state index is 12.8. The van der Waals surface area contributed by atoms with Gasteiger partial charge in [0.1, 0.15) is 0 Å². The zero-order valence-corrected chi connectivity index (χ0v) is 14.1. The Morgan fingerprint density at radius 1 is 1.32 bits per heavy atom. The summed E-state index contributed by atoms with van der Waals surface area (Å²) in [4.78, 5) is 17.0. The number of nitrogens with zero attached hydrogens (tertiary/aromatic N) is 2. The molecule has 22 heavy (non-hydrogen) atoms. The molecule has 1 aliphatic rings. The Morgan fingerprint density at radius 2 is 1.95 bits per heavy atom. The minimum Gasteiger partial charge on any atom is -0.385 e. The first-order valence-electron chi connectivity index (χ1n) is 8.07. The van der Waals surface area contributed by atoms with Crippen LogP contribution in [0.4, 0.5) is 0 Å². The monoisotopic (exact) mass is 304 g/mol. The molecule has 0 aliphatic carbocycles. The number of piperazine rings is 1. The lowest BCUT2D eigenvalue weighted by atomic mass is 9.91. The molecule has 0 saturated carbocycles. The van der Waals surface area contributed by atoms with Gasteiger partial charge in [-0.05, 0) is 25.5 Å². The molecule has 1 aromatic carbocycles. The van der Waals surface area contributed by atoms with Crippen molar-refractivity contribution in [3.63, 3.8) is 0 Å². The number of amides is 1. The average Bonchev–Trinajstić information content (AvgIpc) is 2.47. The molecule has 1 heterocycles. The number of carbonyl (C=O) groups excluding carboxylic acids is 1. The predicted molar refractivity (Wildman–Crippen MR) is 88.5 cm³/mol. The highest BCUT2D eigenvalue weighted by Crippen LogP contribution is 2.27. The molecule has 1 aliphatic heterocycles.